The van der Waals surface area contributed by atoms with Crippen molar-refractivity contribution in [2.24, 2.45) is 7.05 Å². The number of alkyl halides is 12. The van der Waals surface area contributed by atoms with E-state index in [-0.39, 0.29) is 71.2 Å². The van der Waals surface area contributed by atoms with E-state index in [1.807, 2.05) is 123 Å². The van der Waals surface area contributed by atoms with Gasteiger partial charge in [-0.2, -0.15) is 108 Å². The summed E-state index contributed by atoms with van der Waals surface area (Å²) in [5.74, 6) is 0.175. The van der Waals surface area contributed by atoms with Crippen molar-refractivity contribution in [1.29, 1.82) is 0 Å². The van der Waals surface area contributed by atoms with Crippen LogP contribution in [-0.4, -0.2) is 145 Å². The Morgan fingerprint density at radius 1 is 0.435 bits per heavy atom. The molecule has 32 nitrogen and oxygen atoms in total. The number of hydrogen-bond acceptors (Lipinski definition) is 24. The molecule has 0 bridgehead atoms. The molecule has 16 rings (SSSR count). The molecule has 2 saturated carbocycles. The Bertz CT molecular complexity index is 5270. The summed E-state index contributed by atoms with van der Waals surface area (Å²) in [6.45, 7) is 12.4. The van der Waals surface area contributed by atoms with Gasteiger partial charge in [0.1, 0.15) is 57.4 Å². The molecule has 0 radical (unpaired) electrons. The molecule has 115 heavy (non-hydrogen) atoms. The molecular formula is C71H82F12N32. The lowest BCUT2D eigenvalue weighted by atomic mass is 9.87. The van der Waals surface area contributed by atoms with Crippen molar-refractivity contribution in [3.05, 3.63) is 167 Å². The highest BCUT2D eigenvalue weighted by Crippen LogP contribution is 2.45. The number of anilines is 12. The molecule has 0 amide bonds. The monoisotopic (exact) mass is 1610 g/mol. The zero-order valence-corrected chi connectivity index (χ0v) is 63.5. The van der Waals surface area contributed by atoms with Crippen LogP contribution >= 0.6 is 0 Å². The van der Waals surface area contributed by atoms with Crippen LogP contribution in [0.25, 0.3) is 0 Å². The summed E-state index contributed by atoms with van der Waals surface area (Å²) in [7, 11) is 4.71. The number of rotatable bonds is 20. The third-order valence-electron chi connectivity index (χ3n) is 19.9. The summed E-state index contributed by atoms with van der Waals surface area (Å²) >= 11 is 0. The maximum absolute atomic E-state index is 13.1. The molecule has 1 aliphatic heterocycles. The van der Waals surface area contributed by atoms with Gasteiger partial charge < -0.3 is 47.1 Å². The molecule has 44 heteroatoms. The van der Waals surface area contributed by atoms with Gasteiger partial charge in [0.15, 0.2) is 0 Å². The molecule has 2 fully saturated rings. The number of fused-ring (bicyclic) bond motifs is 2. The summed E-state index contributed by atoms with van der Waals surface area (Å²) in [4.78, 5) is 35.6. The molecule has 13 heterocycles. The third kappa shape index (κ3) is 18.1. The highest BCUT2D eigenvalue weighted by atomic mass is 19.4. The average molecular weight is 1610 g/mol. The predicted octanol–water partition coefficient (Wildman–Crippen LogP) is 14.7. The normalized spacial score (nSPS) is 17.9. The second kappa shape index (κ2) is 33.3. The molecular weight excluding hydrogens is 1530 g/mol. The Labute approximate surface area is 648 Å². The summed E-state index contributed by atoms with van der Waals surface area (Å²) in [5, 5.41) is 53.1. The minimum Gasteiger partial charge on any atom is -0.372 e. The molecule has 12 aromatic rings. The first-order chi connectivity index (χ1) is 54.8. The van der Waals surface area contributed by atoms with Gasteiger partial charge in [-0.15, -0.1) is 0 Å². The van der Waals surface area contributed by atoms with Gasteiger partial charge >= 0.3 is 24.7 Å². The fraction of sp³-hybridized carbons (Fsp3) is 0.437. The second-order valence-electron chi connectivity index (χ2n) is 27.5. The lowest BCUT2D eigenvalue weighted by Gasteiger charge is -2.36. The van der Waals surface area contributed by atoms with Crippen LogP contribution < -0.4 is 42.5 Å². The van der Waals surface area contributed by atoms with Crippen molar-refractivity contribution in [2.75, 3.05) is 69.7 Å². The van der Waals surface area contributed by atoms with E-state index < -0.39 is 47.0 Å². The fourth-order valence-corrected chi connectivity index (χ4v) is 13.9. The van der Waals surface area contributed by atoms with Crippen molar-refractivity contribution in [2.45, 2.75) is 167 Å². The number of halogens is 12. The van der Waals surface area contributed by atoms with Crippen molar-refractivity contribution in [1.82, 2.24) is 118 Å². The first kappa shape index (κ1) is 80.6. The zero-order chi connectivity index (χ0) is 81.8. The van der Waals surface area contributed by atoms with E-state index >= 15 is 0 Å². The second-order valence-corrected chi connectivity index (χ2v) is 27.5. The Balaban J connectivity index is 0.000000134. The average Bonchev–Trinajstić information content (AvgIpc) is 1.63. The number of nitrogens with one attached hydrogen (secondary N) is 8. The third-order valence-corrected chi connectivity index (χ3v) is 19.9. The molecule has 0 spiro atoms. The highest BCUT2D eigenvalue weighted by Gasteiger charge is 2.41. The SMILES string of the molecule is CCNc1nc(Nc2cn(C3CCCn4ccnc43)nc2C)ncc1C(F)(F)F.CCNc1nc(Nc2cnn(C3CC(n4cccn4)C3)c2C)ncc1C(F)(F)F.CNc1nc(Nc2cn(C3CC(n4cccn4)C3)nc2C)ncc1C(F)(F)F.CNc1nc(Nc2cn(C3CCCc4c3cnn4C)nc2C)ncc1C(F)(F)F. The summed E-state index contributed by atoms with van der Waals surface area (Å²) in [6.07, 6.45) is 13.7. The van der Waals surface area contributed by atoms with Gasteiger partial charge in [-0.05, 0) is 111 Å². The smallest absolute Gasteiger partial charge is 0.372 e. The zero-order valence-electron chi connectivity index (χ0n) is 63.5. The van der Waals surface area contributed by atoms with E-state index in [1.54, 1.807) is 38.6 Å². The maximum Gasteiger partial charge on any atom is 0.421 e. The van der Waals surface area contributed by atoms with E-state index in [1.165, 1.54) is 19.8 Å². The van der Waals surface area contributed by atoms with Crippen molar-refractivity contribution in [3.8, 4) is 0 Å². The largest absolute Gasteiger partial charge is 0.421 e. The van der Waals surface area contributed by atoms with Crippen LogP contribution in [0.15, 0.2) is 105 Å². The molecule has 0 aromatic carbocycles. The lowest BCUT2D eigenvalue weighted by molar-refractivity contribution is -0.138. The van der Waals surface area contributed by atoms with Crippen LogP contribution in [0.2, 0.25) is 0 Å². The molecule has 2 unspecified atom stereocenters. The Morgan fingerprint density at radius 2 is 0.852 bits per heavy atom. The summed E-state index contributed by atoms with van der Waals surface area (Å²) in [5.41, 5.74) is 4.33. The predicted molar refractivity (Wildman–Crippen MR) is 399 cm³/mol. The molecule has 3 aliphatic carbocycles. The van der Waals surface area contributed by atoms with Gasteiger partial charge in [0.05, 0.1) is 88.1 Å². The van der Waals surface area contributed by atoms with E-state index in [0.29, 0.717) is 59.3 Å². The minimum atomic E-state index is -4.53. The standard InChI is InChI=1S/3C18H21F3N8.C17H19F3N8/c1-10-13(25-17-23-8-12(18(19,20)21)16(22-2)26-17)9-29(27-10)15-6-4-5-14-11(15)7-24-28(14)3;1-3-22-15-12(18(19,20)21)9-24-17(26-15)25-13-10-29(27-11(13)2)14-5-4-7-28-8-6-23-16(14)28;1-3-22-16-14(18(19,20)21)9-23-17(27-16)26-15-10-25-29(11(15)2)13-7-12(8-13)28-6-4-5-24-28;1-10-14(24-16-22-8-13(17(18,19)20)15(21-2)25-16)9-28(26-10)12-6-11(7-12)27-5-3-4-23-27/h7-9,15H,4-6H2,1-3H3,(H2,22,23,25,26);6,8-10,14H,3-5,7H2,1-2H3,(H2,22,24,25,26);4-6,9-10,12-13H,3,7-8H2,1-2H3,(H2,22,23,26,27);3-5,8-9,11-12H,6-7H2,1-2H3,(H2,21,22,24,25). The van der Waals surface area contributed by atoms with Gasteiger partial charge in [-0.1, -0.05) is 0 Å². The van der Waals surface area contributed by atoms with Crippen molar-refractivity contribution < 1.29 is 52.7 Å². The Morgan fingerprint density at radius 3 is 1.30 bits per heavy atom. The number of aromatic nitrogens is 24. The quantitative estimate of drug-likeness (QED) is 0.0329. The van der Waals surface area contributed by atoms with Gasteiger partial charge in [-0.25, -0.2) is 24.9 Å². The molecule has 12 aromatic heterocycles. The van der Waals surface area contributed by atoms with E-state index in [2.05, 4.69) is 128 Å². The first-order valence-electron chi connectivity index (χ1n) is 36.8. The minimum absolute atomic E-state index is 0.0128. The summed E-state index contributed by atoms with van der Waals surface area (Å²) in [6, 6.07) is 5.11. The van der Waals surface area contributed by atoms with Gasteiger partial charge in [0, 0.05) is 133 Å². The number of hydrogen-bond donors (Lipinski definition) is 8. The lowest BCUT2D eigenvalue weighted by Crippen LogP contribution is -2.30. The highest BCUT2D eigenvalue weighted by molar-refractivity contribution is 5.62. The molecule has 610 valence electrons. The number of nitrogens with zero attached hydrogens (tertiary/aromatic N) is 24. The molecule has 0 saturated heterocycles. The topological polar surface area (TPSA) is 342 Å². The van der Waals surface area contributed by atoms with Crippen LogP contribution in [-0.2, 0) is 44.7 Å². The van der Waals surface area contributed by atoms with E-state index in [9.17, 15) is 52.7 Å². The molecule has 8 N–H and O–H groups in total. The van der Waals surface area contributed by atoms with Gasteiger partial charge in [0.2, 0.25) is 23.8 Å². The summed E-state index contributed by atoms with van der Waals surface area (Å²) < 4.78 is 172. The maximum atomic E-state index is 13.1. The first-order valence-corrected chi connectivity index (χ1v) is 36.8. The van der Waals surface area contributed by atoms with Gasteiger partial charge in [0.25, 0.3) is 0 Å². The van der Waals surface area contributed by atoms with E-state index in [4.69, 9.17) is 0 Å². The van der Waals surface area contributed by atoms with Crippen LogP contribution in [0.5, 0.6) is 0 Å². The Kier molecular flexibility index (Phi) is 23.4. The van der Waals surface area contributed by atoms with Crippen LogP contribution in [0, 0.1) is 27.7 Å². The van der Waals surface area contributed by atoms with Crippen molar-refractivity contribution in [3.63, 3.8) is 0 Å². The van der Waals surface area contributed by atoms with Crippen LogP contribution in [0.4, 0.5) is 122 Å². The van der Waals surface area contributed by atoms with E-state index in [0.717, 1.165) is 112 Å². The number of imidazole rings is 1. The molecule has 2 atom stereocenters. The fourth-order valence-electron chi connectivity index (χ4n) is 13.9. The molecule has 4 aliphatic rings. The number of aryl methyl sites for hydroxylation is 5. The van der Waals surface area contributed by atoms with Crippen LogP contribution in [0.3, 0.4) is 0 Å². The Hall–Kier alpha value is -12.4. The van der Waals surface area contributed by atoms with Crippen molar-refractivity contribution >= 4 is 69.8 Å². The van der Waals surface area contributed by atoms with Crippen LogP contribution in [0.1, 0.15) is 164 Å². The van der Waals surface area contributed by atoms with Gasteiger partial charge in [-0.3, -0.25) is 32.8 Å².